The van der Waals surface area contributed by atoms with Crippen molar-refractivity contribution in [2.45, 2.75) is 11.1 Å². The van der Waals surface area contributed by atoms with Gasteiger partial charge < -0.3 is 5.73 Å². The van der Waals surface area contributed by atoms with Crippen LogP contribution < -0.4 is 5.73 Å². The van der Waals surface area contributed by atoms with E-state index in [2.05, 4.69) is 0 Å². The van der Waals surface area contributed by atoms with Gasteiger partial charge in [0, 0.05) is 26.9 Å². The van der Waals surface area contributed by atoms with Crippen molar-refractivity contribution in [2.24, 2.45) is 0 Å². The fourth-order valence-electron chi connectivity index (χ4n) is 1.03. The van der Waals surface area contributed by atoms with Crippen molar-refractivity contribution in [3.05, 3.63) is 34.3 Å². The number of hydrogen-bond donors (Lipinski definition) is 1. The lowest BCUT2D eigenvalue weighted by molar-refractivity contribution is -0.137. The monoisotopic (exact) mass is 301 g/mol. The molecule has 0 saturated carbocycles. The Morgan fingerprint density at radius 1 is 1.41 bits per heavy atom. The number of hydrogen-bond acceptors (Lipinski definition) is 2. The molecule has 0 aliphatic heterocycles. The van der Waals surface area contributed by atoms with Gasteiger partial charge in [0.05, 0.1) is 5.56 Å². The van der Waals surface area contributed by atoms with E-state index in [0.717, 1.165) is 12.1 Å². The van der Waals surface area contributed by atoms with Crippen molar-refractivity contribution in [2.75, 3.05) is 11.5 Å². The van der Waals surface area contributed by atoms with Gasteiger partial charge in [-0.05, 0) is 18.2 Å². The van der Waals surface area contributed by atoms with Crippen LogP contribution in [0.4, 0.5) is 18.9 Å². The summed E-state index contributed by atoms with van der Waals surface area (Å²) >= 11 is 12.2. The first-order valence-corrected chi connectivity index (χ1v) is 6.19. The maximum absolute atomic E-state index is 12.4. The molecule has 0 fully saturated rings. The summed E-state index contributed by atoms with van der Waals surface area (Å²) in [6.07, 6.45) is -4.38. The van der Waals surface area contributed by atoms with Gasteiger partial charge in [-0.25, -0.2) is 0 Å². The van der Waals surface area contributed by atoms with Crippen LogP contribution in [0.5, 0.6) is 0 Å². The highest BCUT2D eigenvalue weighted by Gasteiger charge is 2.30. The van der Waals surface area contributed by atoms with Crippen molar-refractivity contribution >= 4 is 40.7 Å². The van der Waals surface area contributed by atoms with E-state index in [1.807, 2.05) is 0 Å². The first-order valence-electron chi connectivity index (χ1n) is 4.39. The molecule has 0 unspecified atom stereocenters. The van der Waals surface area contributed by atoms with Gasteiger partial charge in [-0.15, -0.1) is 11.8 Å². The third-order valence-electron chi connectivity index (χ3n) is 1.82. The Morgan fingerprint density at radius 3 is 2.53 bits per heavy atom. The smallest absolute Gasteiger partial charge is 0.398 e. The van der Waals surface area contributed by atoms with Crippen LogP contribution in [0.25, 0.3) is 0 Å². The van der Waals surface area contributed by atoms with Gasteiger partial charge in [-0.1, -0.05) is 23.2 Å². The maximum atomic E-state index is 12.4. The molecule has 0 saturated heterocycles. The van der Waals surface area contributed by atoms with Crippen LogP contribution in [0.1, 0.15) is 5.56 Å². The largest absolute Gasteiger partial charge is 0.416 e. The van der Waals surface area contributed by atoms with E-state index in [9.17, 15) is 13.2 Å². The predicted octanol–water partition coefficient (Wildman–Crippen LogP) is 4.70. The number of benzene rings is 1. The first kappa shape index (κ1) is 14.5. The zero-order valence-corrected chi connectivity index (χ0v) is 10.7. The molecule has 0 atom stereocenters. The lowest BCUT2D eigenvalue weighted by Crippen LogP contribution is -2.05. The Bertz CT molecular complexity index is 432. The molecular weight excluding hydrogens is 294 g/mol. The van der Waals surface area contributed by atoms with Gasteiger partial charge in [0.1, 0.15) is 0 Å². The highest BCUT2D eigenvalue weighted by molar-refractivity contribution is 7.99. The maximum Gasteiger partial charge on any atom is 0.416 e. The second kappa shape index (κ2) is 5.89. The third-order valence-corrected chi connectivity index (χ3v) is 3.74. The molecule has 17 heavy (non-hydrogen) atoms. The highest BCUT2D eigenvalue weighted by atomic mass is 35.5. The van der Waals surface area contributed by atoms with Crippen LogP contribution in [0.15, 0.2) is 33.7 Å². The second-order valence-corrected chi connectivity index (χ2v) is 4.82. The fraction of sp³-hybridized carbons (Fsp3) is 0.200. The van der Waals surface area contributed by atoms with Crippen LogP contribution >= 0.6 is 35.0 Å². The number of halogens is 5. The first-order chi connectivity index (χ1) is 7.84. The molecule has 7 heteroatoms. The number of thioether (sulfide) groups is 1. The van der Waals surface area contributed by atoms with Gasteiger partial charge in [-0.2, -0.15) is 13.2 Å². The predicted molar refractivity (Wildman–Crippen MR) is 66.4 cm³/mol. The summed E-state index contributed by atoms with van der Waals surface area (Å²) in [6, 6.07) is 3.21. The normalized spacial score (nSPS) is 12.9. The molecule has 1 nitrogen and oxygen atoms in total. The fourth-order valence-corrected chi connectivity index (χ4v) is 2.13. The van der Waals surface area contributed by atoms with E-state index >= 15 is 0 Å². The van der Waals surface area contributed by atoms with Crippen molar-refractivity contribution in [1.82, 2.24) is 0 Å². The van der Waals surface area contributed by atoms with Gasteiger partial charge >= 0.3 is 6.18 Å². The molecule has 0 radical (unpaired) electrons. The Labute approximate surface area is 111 Å². The Kier molecular flexibility index (Phi) is 5.04. The Balaban J connectivity index is 2.84. The van der Waals surface area contributed by atoms with E-state index < -0.39 is 11.7 Å². The van der Waals surface area contributed by atoms with Gasteiger partial charge in [0.15, 0.2) is 0 Å². The molecule has 0 aliphatic rings. The molecular formula is C10H8Cl2F3NS. The van der Waals surface area contributed by atoms with E-state index in [1.54, 1.807) is 0 Å². The average Bonchev–Trinajstić information content (AvgIpc) is 2.25. The summed E-state index contributed by atoms with van der Waals surface area (Å²) < 4.78 is 37.1. The summed E-state index contributed by atoms with van der Waals surface area (Å²) in [7, 11) is 0. The zero-order chi connectivity index (χ0) is 13.1. The molecule has 94 valence electrons. The molecule has 1 aromatic carbocycles. The minimum atomic E-state index is -4.38. The van der Waals surface area contributed by atoms with Gasteiger partial charge in [-0.3, -0.25) is 0 Å². The molecule has 0 aromatic heterocycles. The summed E-state index contributed by atoms with van der Waals surface area (Å²) in [5.74, 6) is 0.362. The van der Waals surface area contributed by atoms with Crippen molar-refractivity contribution in [3.63, 3.8) is 0 Å². The van der Waals surface area contributed by atoms with Crippen LogP contribution in [0, 0.1) is 0 Å². The summed E-state index contributed by atoms with van der Waals surface area (Å²) in [6.45, 7) is 0. The summed E-state index contributed by atoms with van der Waals surface area (Å²) in [5, 5.41) is 0.399. The number of alkyl halides is 3. The van der Waals surface area contributed by atoms with Crippen molar-refractivity contribution in [3.8, 4) is 0 Å². The van der Waals surface area contributed by atoms with E-state index in [0.29, 0.717) is 15.7 Å². The molecule has 1 rings (SSSR count). The SMILES string of the molecule is Nc1cc(C(F)(F)F)ccc1SCC(Cl)=CCl. The highest BCUT2D eigenvalue weighted by Crippen LogP contribution is 2.34. The van der Waals surface area contributed by atoms with E-state index in [4.69, 9.17) is 28.9 Å². The number of anilines is 1. The topological polar surface area (TPSA) is 26.0 Å². The van der Waals surface area contributed by atoms with Crippen molar-refractivity contribution < 1.29 is 13.2 Å². The molecule has 1 aromatic rings. The standard InChI is InChI=1S/C10H8Cl2F3NS/c11-4-7(12)5-17-9-2-1-6(3-8(9)16)10(13,14)15/h1-4H,5,16H2. The zero-order valence-electron chi connectivity index (χ0n) is 8.39. The quantitative estimate of drug-likeness (QED) is 0.647. The number of rotatable bonds is 3. The minimum Gasteiger partial charge on any atom is -0.398 e. The molecule has 0 spiro atoms. The molecule has 0 aliphatic carbocycles. The molecule has 0 bridgehead atoms. The summed E-state index contributed by atoms with van der Waals surface area (Å²) in [5.41, 5.74) is 6.04. The van der Waals surface area contributed by atoms with Crippen LogP contribution in [-0.2, 0) is 6.18 Å². The average molecular weight is 302 g/mol. The Hall–Kier alpha value is -0.520. The minimum absolute atomic E-state index is 0.0730. The van der Waals surface area contributed by atoms with Crippen LogP contribution in [0.2, 0.25) is 0 Å². The van der Waals surface area contributed by atoms with Gasteiger partial charge in [0.2, 0.25) is 0 Å². The second-order valence-electron chi connectivity index (χ2n) is 3.10. The number of nitrogens with two attached hydrogens (primary N) is 1. The summed E-state index contributed by atoms with van der Waals surface area (Å²) in [4.78, 5) is 0.537. The lowest BCUT2D eigenvalue weighted by atomic mass is 10.2. The van der Waals surface area contributed by atoms with Gasteiger partial charge in [0.25, 0.3) is 0 Å². The van der Waals surface area contributed by atoms with Crippen LogP contribution in [0.3, 0.4) is 0 Å². The molecule has 0 heterocycles. The van der Waals surface area contributed by atoms with E-state index in [1.165, 1.54) is 23.4 Å². The van der Waals surface area contributed by atoms with Crippen molar-refractivity contribution in [1.29, 1.82) is 0 Å². The van der Waals surface area contributed by atoms with E-state index in [-0.39, 0.29) is 5.69 Å². The Morgan fingerprint density at radius 2 is 2.06 bits per heavy atom. The molecule has 0 amide bonds. The number of nitrogen functional groups attached to an aromatic ring is 1. The van der Waals surface area contributed by atoms with Crippen LogP contribution in [-0.4, -0.2) is 5.75 Å². The molecule has 2 N–H and O–H groups in total. The lowest BCUT2D eigenvalue weighted by Gasteiger charge is -2.10. The third kappa shape index (κ3) is 4.33.